The SMILES string of the molecule is CCCNc1ccc(C(=O)NC2CC2C)cc1C(F)(F)F. The molecule has 1 aromatic rings. The van der Waals surface area contributed by atoms with Crippen molar-refractivity contribution in [3.05, 3.63) is 29.3 Å². The van der Waals surface area contributed by atoms with Gasteiger partial charge in [-0.15, -0.1) is 0 Å². The molecular weight excluding hydrogens is 281 g/mol. The highest BCUT2D eigenvalue weighted by atomic mass is 19.4. The minimum absolute atomic E-state index is 0.0145. The molecule has 2 rings (SSSR count). The van der Waals surface area contributed by atoms with Crippen LogP contribution in [0, 0.1) is 5.92 Å². The van der Waals surface area contributed by atoms with Crippen LogP contribution in [0.5, 0.6) is 0 Å². The number of benzene rings is 1. The Morgan fingerprint density at radius 1 is 1.38 bits per heavy atom. The fraction of sp³-hybridized carbons (Fsp3) is 0.533. The van der Waals surface area contributed by atoms with Crippen LogP contribution in [-0.4, -0.2) is 18.5 Å². The molecule has 2 N–H and O–H groups in total. The second-order valence-electron chi connectivity index (χ2n) is 5.48. The second-order valence-corrected chi connectivity index (χ2v) is 5.48. The molecule has 116 valence electrons. The van der Waals surface area contributed by atoms with Crippen molar-refractivity contribution < 1.29 is 18.0 Å². The summed E-state index contributed by atoms with van der Waals surface area (Å²) in [6.07, 6.45) is -2.88. The summed E-state index contributed by atoms with van der Waals surface area (Å²) in [6.45, 7) is 4.32. The molecular formula is C15H19F3N2O. The van der Waals surface area contributed by atoms with E-state index < -0.39 is 17.6 Å². The lowest BCUT2D eigenvalue weighted by atomic mass is 10.1. The molecule has 0 heterocycles. The predicted molar refractivity (Wildman–Crippen MR) is 75.3 cm³/mol. The average Bonchev–Trinajstić information content (AvgIpc) is 3.10. The number of hydrogen-bond donors (Lipinski definition) is 2. The van der Waals surface area contributed by atoms with E-state index >= 15 is 0 Å². The Balaban J connectivity index is 2.21. The number of nitrogens with one attached hydrogen (secondary N) is 2. The molecule has 0 saturated heterocycles. The first-order valence-corrected chi connectivity index (χ1v) is 7.09. The highest BCUT2D eigenvalue weighted by Gasteiger charge is 2.36. The summed E-state index contributed by atoms with van der Waals surface area (Å²) in [5, 5.41) is 5.48. The first-order valence-electron chi connectivity index (χ1n) is 7.09. The molecule has 2 atom stereocenters. The lowest BCUT2D eigenvalue weighted by molar-refractivity contribution is -0.137. The van der Waals surface area contributed by atoms with Gasteiger partial charge in [-0.1, -0.05) is 13.8 Å². The van der Waals surface area contributed by atoms with E-state index in [1.807, 2.05) is 13.8 Å². The molecule has 21 heavy (non-hydrogen) atoms. The number of halogens is 3. The van der Waals surface area contributed by atoms with E-state index in [-0.39, 0.29) is 17.3 Å². The van der Waals surface area contributed by atoms with E-state index in [0.29, 0.717) is 12.5 Å². The van der Waals surface area contributed by atoms with Gasteiger partial charge in [0.2, 0.25) is 0 Å². The van der Waals surface area contributed by atoms with Gasteiger partial charge in [-0.25, -0.2) is 0 Å². The smallest absolute Gasteiger partial charge is 0.385 e. The fourth-order valence-corrected chi connectivity index (χ4v) is 2.11. The Labute approximate surface area is 121 Å². The molecule has 0 spiro atoms. The summed E-state index contributed by atoms with van der Waals surface area (Å²) < 4.78 is 39.3. The van der Waals surface area contributed by atoms with Crippen molar-refractivity contribution >= 4 is 11.6 Å². The van der Waals surface area contributed by atoms with E-state index in [0.717, 1.165) is 18.9 Å². The van der Waals surface area contributed by atoms with E-state index in [2.05, 4.69) is 10.6 Å². The maximum absolute atomic E-state index is 13.1. The van der Waals surface area contributed by atoms with Crippen LogP contribution in [0.3, 0.4) is 0 Å². The average molecular weight is 300 g/mol. The number of amides is 1. The monoisotopic (exact) mass is 300 g/mol. The van der Waals surface area contributed by atoms with Crippen molar-refractivity contribution in [2.75, 3.05) is 11.9 Å². The molecule has 0 aliphatic heterocycles. The van der Waals surface area contributed by atoms with E-state index in [1.54, 1.807) is 0 Å². The van der Waals surface area contributed by atoms with Crippen LogP contribution in [0.25, 0.3) is 0 Å². The van der Waals surface area contributed by atoms with E-state index in [4.69, 9.17) is 0 Å². The van der Waals surface area contributed by atoms with Crippen LogP contribution in [-0.2, 0) is 6.18 Å². The van der Waals surface area contributed by atoms with Crippen molar-refractivity contribution in [1.82, 2.24) is 5.32 Å². The Kier molecular flexibility index (Phi) is 4.44. The van der Waals surface area contributed by atoms with Gasteiger partial charge in [0.15, 0.2) is 0 Å². The summed E-state index contributed by atoms with van der Waals surface area (Å²) in [4.78, 5) is 11.9. The first-order chi connectivity index (χ1) is 9.82. The fourth-order valence-electron chi connectivity index (χ4n) is 2.11. The number of anilines is 1. The van der Waals surface area contributed by atoms with Gasteiger partial charge in [0, 0.05) is 23.8 Å². The van der Waals surface area contributed by atoms with Crippen LogP contribution >= 0.6 is 0 Å². The summed E-state index contributed by atoms with van der Waals surface area (Å²) in [5.74, 6) is -0.0431. The van der Waals surface area contributed by atoms with Crippen molar-refractivity contribution in [1.29, 1.82) is 0 Å². The van der Waals surface area contributed by atoms with Crippen LogP contribution in [0.4, 0.5) is 18.9 Å². The summed E-state index contributed by atoms with van der Waals surface area (Å²) in [6, 6.07) is 3.75. The van der Waals surface area contributed by atoms with Gasteiger partial charge >= 0.3 is 6.18 Å². The lowest BCUT2D eigenvalue weighted by Crippen LogP contribution is -2.27. The first kappa shape index (κ1) is 15.7. The molecule has 0 aromatic heterocycles. The zero-order valence-corrected chi connectivity index (χ0v) is 12.1. The number of hydrogen-bond acceptors (Lipinski definition) is 2. The van der Waals surface area contributed by atoms with Crippen molar-refractivity contribution in [2.45, 2.75) is 38.9 Å². The molecule has 3 nitrogen and oxygen atoms in total. The van der Waals surface area contributed by atoms with Gasteiger partial charge in [0.05, 0.1) is 5.56 Å². The molecule has 1 amide bonds. The molecule has 0 radical (unpaired) electrons. The second kappa shape index (κ2) is 5.95. The molecule has 1 aromatic carbocycles. The summed E-state index contributed by atoms with van der Waals surface area (Å²) in [5.41, 5.74) is -0.739. The standard InChI is InChI=1S/C15H19F3N2O/c1-3-6-19-12-5-4-10(8-11(12)15(16,17)18)14(21)20-13-7-9(13)2/h4-5,8-9,13,19H,3,6-7H2,1-2H3,(H,20,21). The molecule has 1 aliphatic rings. The van der Waals surface area contributed by atoms with Gasteiger partial charge in [-0.2, -0.15) is 13.2 Å². The Morgan fingerprint density at radius 2 is 2.05 bits per heavy atom. The lowest BCUT2D eigenvalue weighted by Gasteiger charge is -2.15. The van der Waals surface area contributed by atoms with Gasteiger partial charge in [-0.05, 0) is 37.0 Å². The Bertz CT molecular complexity index is 528. The molecule has 1 fully saturated rings. The van der Waals surface area contributed by atoms with Gasteiger partial charge in [0.25, 0.3) is 5.91 Å². The largest absolute Gasteiger partial charge is 0.418 e. The highest BCUT2D eigenvalue weighted by molar-refractivity contribution is 5.95. The number of carbonyl (C=O) groups is 1. The van der Waals surface area contributed by atoms with Crippen LogP contribution in [0.2, 0.25) is 0 Å². The van der Waals surface area contributed by atoms with Crippen LogP contribution in [0.15, 0.2) is 18.2 Å². The predicted octanol–water partition coefficient (Wildman–Crippen LogP) is 3.67. The van der Waals surface area contributed by atoms with Crippen molar-refractivity contribution in [2.24, 2.45) is 5.92 Å². The van der Waals surface area contributed by atoms with Crippen LogP contribution < -0.4 is 10.6 Å². The number of alkyl halides is 3. The third-order valence-electron chi connectivity index (χ3n) is 3.58. The Morgan fingerprint density at radius 3 is 2.57 bits per heavy atom. The topological polar surface area (TPSA) is 41.1 Å². The maximum atomic E-state index is 13.1. The zero-order valence-electron chi connectivity index (χ0n) is 12.1. The van der Waals surface area contributed by atoms with E-state index in [9.17, 15) is 18.0 Å². The van der Waals surface area contributed by atoms with Crippen LogP contribution in [0.1, 0.15) is 42.6 Å². The maximum Gasteiger partial charge on any atom is 0.418 e. The van der Waals surface area contributed by atoms with Crippen molar-refractivity contribution in [3.63, 3.8) is 0 Å². The molecule has 1 saturated carbocycles. The highest BCUT2D eigenvalue weighted by Crippen LogP contribution is 2.36. The minimum Gasteiger partial charge on any atom is -0.385 e. The normalized spacial score (nSPS) is 21.0. The van der Waals surface area contributed by atoms with Gasteiger partial charge in [-0.3, -0.25) is 4.79 Å². The third-order valence-corrected chi connectivity index (χ3v) is 3.58. The molecule has 6 heteroatoms. The minimum atomic E-state index is -4.49. The summed E-state index contributed by atoms with van der Waals surface area (Å²) >= 11 is 0. The summed E-state index contributed by atoms with van der Waals surface area (Å²) in [7, 11) is 0. The van der Waals surface area contributed by atoms with E-state index in [1.165, 1.54) is 12.1 Å². The number of rotatable bonds is 5. The third kappa shape index (κ3) is 3.89. The molecule has 2 unspecified atom stereocenters. The quantitative estimate of drug-likeness (QED) is 0.871. The van der Waals surface area contributed by atoms with Gasteiger partial charge < -0.3 is 10.6 Å². The number of carbonyl (C=O) groups excluding carboxylic acids is 1. The zero-order chi connectivity index (χ0) is 15.6. The van der Waals surface area contributed by atoms with Crippen molar-refractivity contribution in [3.8, 4) is 0 Å². The molecule has 1 aliphatic carbocycles. The van der Waals surface area contributed by atoms with Gasteiger partial charge in [0.1, 0.15) is 0 Å². The molecule has 0 bridgehead atoms. The Hall–Kier alpha value is -1.72.